The minimum Gasteiger partial charge on any atom is -0.481 e. The van der Waals surface area contributed by atoms with Crippen LogP contribution in [0.2, 0.25) is 0 Å². The first kappa shape index (κ1) is 29.4. The zero-order valence-electron chi connectivity index (χ0n) is 22.6. The van der Waals surface area contributed by atoms with Gasteiger partial charge in [0.05, 0.1) is 23.1 Å². The van der Waals surface area contributed by atoms with Crippen molar-refractivity contribution in [3.63, 3.8) is 0 Å². The number of hydrogen-bond donors (Lipinski definition) is 2. The molecule has 40 heavy (non-hydrogen) atoms. The van der Waals surface area contributed by atoms with Crippen LogP contribution in [0.5, 0.6) is 0 Å². The van der Waals surface area contributed by atoms with Crippen LogP contribution in [0.3, 0.4) is 0 Å². The lowest BCUT2D eigenvalue weighted by Gasteiger charge is -2.23. The smallest absolute Gasteiger partial charge is 0.303 e. The molecule has 0 amide bonds. The molecule has 1 atom stereocenters. The van der Waals surface area contributed by atoms with E-state index in [-0.39, 0.29) is 11.8 Å². The fourth-order valence-corrected chi connectivity index (χ4v) is 5.58. The number of benzene rings is 3. The van der Waals surface area contributed by atoms with Gasteiger partial charge in [0.2, 0.25) is 5.69 Å². The monoisotopic (exact) mass is 559 g/mol. The van der Waals surface area contributed by atoms with Gasteiger partial charge in [-0.2, -0.15) is 4.58 Å². The van der Waals surface area contributed by atoms with Crippen molar-refractivity contribution in [2.45, 2.75) is 62.3 Å². The minimum atomic E-state index is -0.758. The summed E-state index contributed by atoms with van der Waals surface area (Å²) in [6.07, 6.45) is 10.4. The number of para-hydroxylation sites is 1. The summed E-state index contributed by atoms with van der Waals surface area (Å²) in [4.78, 5) is 16.4. The maximum absolute atomic E-state index is 11.0. The van der Waals surface area contributed by atoms with Crippen LogP contribution in [0.25, 0.3) is 0 Å². The second-order valence-electron chi connectivity index (χ2n) is 9.93. The standard InChI is InChI=1S/C32H34N2O5S/c1-32(21-11-4-9-18-31(35)36)28-23-27(40-39-38-37)19-20-29(28)34(24-25-13-5-2-6-14-25)30(32)17-10-12-22-33-26-15-7-3-8-16-26/h2-3,5-8,10,13-17,19-20,22-23H,4,9,11-12,18,21,24H2,1H3,(H-,35,36,37)/p+1/b17-10+,33-22?/t32-/m1/s1. The Balaban J connectivity index is 1.67. The van der Waals surface area contributed by atoms with Gasteiger partial charge in [-0.15, -0.1) is 4.33 Å². The van der Waals surface area contributed by atoms with Crippen LogP contribution in [-0.4, -0.2) is 32.8 Å². The number of unbranched alkanes of at least 4 members (excludes halogenated alkanes) is 2. The van der Waals surface area contributed by atoms with Crippen molar-refractivity contribution in [1.29, 1.82) is 0 Å². The van der Waals surface area contributed by atoms with E-state index in [2.05, 4.69) is 70.1 Å². The zero-order valence-corrected chi connectivity index (χ0v) is 23.4. The van der Waals surface area contributed by atoms with E-state index in [4.69, 9.17) is 14.7 Å². The highest BCUT2D eigenvalue weighted by atomic mass is 32.2. The fourth-order valence-electron chi connectivity index (χ4n) is 5.18. The number of aliphatic carboxylic acids is 1. The largest absolute Gasteiger partial charge is 0.481 e. The number of fused-ring (bicyclic) bond motifs is 1. The van der Waals surface area contributed by atoms with Crippen molar-refractivity contribution in [3.05, 3.63) is 102 Å². The van der Waals surface area contributed by atoms with Crippen LogP contribution in [-0.2, 0) is 26.1 Å². The number of hydrogen-bond acceptors (Lipinski definition) is 6. The van der Waals surface area contributed by atoms with Crippen LogP contribution in [0.4, 0.5) is 11.4 Å². The van der Waals surface area contributed by atoms with Crippen LogP contribution >= 0.6 is 12.0 Å². The molecular weight excluding hydrogens is 524 g/mol. The molecule has 1 aliphatic rings. The summed E-state index contributed by atoms with van der Waals surface area (Å²) < 4.78 is 7.09. The Labute approximate surface area is 239 Å². The number of nitrogens with zero attached hydrogens (tertiary/aromatic N) is 2. The first-order chi connectivity index (χ1) is 19.5. The molecule has 2 N–H and O–H groups in total. The molecule has 0 unspecified atom stereocenters. The van der Waals surface area contributed by atoms with Gasteiger partial charge in [-0.25, -0.2) is 5.26 Å². The Morgan fingerprint density at radius 2 is 1.77 bits per heavy atom. The van der Waals surface area contributed by atoms with E-state index in [0.717, 1.165) is 53.1 Å². The van der Waals surface area contributed by atoms with Gasteiger partial charge in [0.25, 0.3) is 0 Å². The summed E-state index contributed by atoms with van der Waals surface area (Å²) in [5, 5.41) is 21.6. The number of carbonyl (C=O) groups is 1. The van der Waals surface area contributed by atoms with Crippen molar-refractivity contribution in [1.82, 2.24) is 0 Å². The third kappa shape index (κ3) is 7.76. The Kier molecular flexibility index (Phi) is 10.8. The molecule has 0 radical (unpaired) electrons. The summed E-state index contributed by atoms with van der Waals surface area (Å²) in [5.74, 6) is -0.758. The molecule has 4 rings (SSSR count). The minimum absolute atomic E-state index is 0.184. The molecule has 0 saturated heterocycles. The number of carboxylic acids is 1. The number of allylic oxidation sites excluding steroid dienone is 2. The molecule has 0 fully saturated rings. The molecule has 0 aromatic heterocycles. The predicted molar refractivity (Wildman–Crippen MR) is 159 cm³/mol. The molecule has 208 valence electrons. The van der Waals surface area contributed by atoms with Crippen molar-refractivity contribution < 1.29 is 29.1 Å². The molecule has 8 heteroatoms. The average Bonchev–Trinajstić information content (AvgIpc) is 3.19. The second kappa shape index (κ2) is 14.7. The Bertz CT molecular complexity index is 1360. The maximum atomic E-state index is 11.0. The van der Waals surface area contributed by atoms with Crippen molar-refractivity contribution >= 4 is 41.3 Å². The highest BCUT2D eigenvalue weighted by molar-refractivity contribution is 7.94. The van der Waals surface area contributed by atoms with E-state index in [0.29, 0.717) is 19.4 Å². The van der Waals surface area contributed by atoms with Crippen molar-refractivity contribution in [2.24, 2.45) is 4.99 Å². The molecule has 0 aliphatic carbocycles. The lowest BCUT2D eigenvalue weighted by molar-refractivity contribution is -0.455. The Hall–Kier alpha value is -3.56. The van der Waals surface area contributed by atoms with Crippen LogP contribution in [0.15, 0.2) is 101 Å². The Morgan fingerprint density at radius 3 is 2.50 bits per heavy atom. The summed E-state index contributed by atoms with van der Waals surface area (Å²) in [6, 6.07) is 26.4. The van der Waals surface area contributed by atoms with Crippen LogP contribution in [0, 0.1) is 0 Å². The van der Waals surface area contributed by atoms with Gasteiger partial charge in [-0.3, -0.25) is 9.79 Å². The molecule has 7 nitrogen and oxygen atoms in total. The zero-order chi connectivity index (χ0) is 28.2. The predicted octanol–water partition coefficient (Wildman–Crippen LogP) is 8.06. The summed E-state index contributed by atoms with van der Waals surface area (Å²) in [5.41, 5.74) is 5.25. The van der Waals surface area contributed by atoms with E-state index < -0.39 is 5.97 Å². The third-order valence-electron chi connectivity index (χ3n) is 7.13. The summed E-state index contributed by atoms with van der Waals surface area (Å²) in [7, 11) is 0. The van der Waals surface area contributed by atoms with E-state index in [1.165, 1.54) is 11.3 Å². The maximum Gasteiger partial charge on any atom is 0.303 e. The molecule has 1 heterocycles. The Morgan fingerprint density at radius 1 is 1.02 bits per heavy atom. The van der Waals surface area contributed by atoms with Crippen molar-refractivity contribution in [2.75, 3.05) is 0 Å². The molecule has 1 aliphatic heterocycles. The topological polar surface area (TPSA) is 91.4 Å². The van der Waals surface area contributed by atoms with Crippen LogP contribution in [0.1, 0.15) is 56.6 Å². The molecule has 0 saturated carbocycles. The second-order valence-corrected chi connectivity index (χ2v) is 10.7. The third-order valence-corrected chi connectivity index (χ3v) is 7.71. The van der Waals surface area contributed by atoms with E-state index in [1.54, 1.807) is 0 Å². The molecule has 0 bridgehead atoms. The molecule has 3 aromatic carbocycles. The first-order valence-corrected chi connectivity index (χ1v) is 14.2. The quantitative estimate of drug-likeness (QED) is 0.0489. The van der Waals surface area contributed by atoms with Gasteiger partial charge < -0.3 is 5.11 Å². The van der Waals surface area contributed by atoms with Gasteiger partial charge >= 0.3 is 5.97 Å². The molecule has 3 aromatic rings. The highest BCUT2D eigenvalue weighted by Gasteiger charge is 2.47. The lowest BCUT2D eigenvalue weighted by atomic mass is 9.75. The summed E-state index contributed by atoms with van der Waals surface area (Å²) >= 11 is 0.950. The van der Waals surface area contributed by atoms with Gasteiger partial charge in [-0.1, -0.05) is 72.5 Å². The number of carboxylic acid groups (broad SMARTS) is 1. The highest BCUT2D eigenvalue weighted by Crippen LogP contribution is 2.45. The fraction of sp³-hybridized carbons (Fsp3) is 0.281. The average molecular weight is 560 g/mol. The van der Waals surface area contributed by atoms with Gasteiger partial charge in [0.15, 0.2) is 12.3 Å². The van der Waals surface area contributed by atoms with E-state index in [1.807, 2.05) is 48.7 Å². The lowest BCUT2D eigenvalue weighted by Crippen LogP contribution is -2.31. The molecular formula is C32H35N2O5S+. The number of aliphatic imine (C=N–C) groups is 1. The SMILES string of the molecule is C[C@]1(CCCCCC(=O)O)C(/C=C/CC=Nc2ccccc2)=[N+](Cc2ccccc2)c2ccc(SOOO)cc21. The summed E-state index contributed by atoms with van der Waals surface area (Å²) in [6.45, 7) is 2.96. The normalized spacial score (nSPS) is 16.8. The number of rotatable bonds is 15. The van der Waals surface area contributed by atoms with E-state index >= 15 is 0 Å². The van der Waals surface area contributed by atoms with Gasteiger partial charge in [0.1, 0.15) is 0 Å². The van der Waals surface area contributed by atoms with Crippen molar-refractivity contribution in [3.8, 4) is 0 Å². The van der Waals surface area contributed by atoms with E-state index in [9.17, 15) is 4.79 Å². The van der Waals surface area contributed by atoms with Gasteiger partial charge in [0, 0.05) is 47.2 Å². The first-order valence-electron chi connectivity index (χ1n) is 13.5. The van der Waals surface area contributed by atoms with Gasteiger partial charge in [-0.05, 0) is 44.0 Å². The molecule has 0 spiro atoms. The van der Waals surface area contributed by atoms with Crippen LogP contribution < -0.4 is 0 Å².